The van der Waals surface area contributed by atoms with Crippen LogP contribution in [0, 0.1) is 0 Å². The number of rotatable bonds is 1. The predicted molar refractivity (Wildman–Crippen MR) is 45.0 cm³/mol. The molecule has 4 nitrogen and oxygen atoms in total. The fourth-order valence-corrected chi connectivity index (χ4v) is 1.01. The minimum absolute atomic E-state index is 0.260. The summed E-state index contributed by atoms with van der Waals surface area (Å²) in [6.45, 7) is 0. The minimum atomic E-state index is 0.260. The fourth-order valence-electron chi connectivity index (χ4n) is 1.01. The summed E-state index contributed by atoms with van der Waals surface area (Å²) in [5.74, 6) is 0. The number of nitrogen functional groups attached to an aromatic ring is 1. The van der Waals surface area contributed by atoms with Gasteiger partial charge in [-0.05, 0) is 18.2 Å². The molecule has 0 amide bonds. The van der Waals surface area contributed by atoms with Crippen molar-refractivity contribution in [1.82, 2.24) is 4.98 Å². The maximum absolute atomic E-state index is 5.55. The molecule has 0 saturated carbocycles. The van der Waals surface area contributed by atoms with Crippen LogP contribution >= 0.6 is 0 Å². The molecule has 12 heavy (non-hydrogen) atoms. The highest BCUT2D eigenvalue weighted by Gasteiger charge is 2.04. The van der Waals surface area contributed by atoms with Gasteiger partial charge in [0.2, 0.25) is 0 Å². The summed E-state index contributed by atoms with van der Waals surface area (Å²) in [5.41, 5.74) is 7.61. The molecule has 0 atom stereocenters. The Labute approximate surface area is 68.9 Å². The summed E-state index contributed by atoms with van der Waals surface area (Å²) < 4.78 is 10.0. The average molecular weight is 164 g/mol. The van der Waals surface area contributed by atoms with Gasteiger partial charge in [-0.2, -0.15) is 4.98 Å². The van der Waals surface area contributed by atoms with E-state index in [0.717, 1.165) is 0 Å². The van der Waals surface area contributed by atoms with Crippen LogP contribution in [0.15, 0.2) is 22.6 Å². The van der Waals surface area contributed by atoms with Gasteiger partial charge in [0, 0.05) is 5.69 Å². The number of fused-ring (bicyclic) bond motifs is 1. The topological polar surface area (TPSA) is 61.3 Å². The summed E-state index contributed by atoms with van der Waals surface area (Å²) in [6, 6.07) is 5.26. The fraction of sp³-hybridized carbons (Fsp3) is 0.125. The van der Waals surface area contributed by atoms with Crippen molar-refractivity contribution >= 4 is 16.8 Å². The zero-order valence-electron chi connectivity index (χ0n) is 6.57. The zero-order chi connectivity index (χ0) is 8.55. The van der Waals surface area contributed by atoms with E-state index < -0.39 is 0 Å². The van der Waals surface area contributed by atoms with Crippen molar-refractivity contribution in [2.24, 2.45) is 0 Å². The molecule has 2 N–H and O–H groups in total. The number of ether oxygens (including phenoxy) is 1. The molecule has 0 fully saturated rings. The molecule has 4 heteroatoms. The first-order chi connectivity index (χ1) is 5.79. The van der Waals surface area contributed by atoms with Crippen LogP contribution in [0.3, 0.4) is 0 Å². The van der Waals surface area contributed by atoms with Gasteiger partial charge in [-0.25, -0.2) is 0 Å². The highest BCUT2D eigenvalue weighted by Crippen LogP contribution is 2.21. The van der Waals surface area contributed by atoms with Crippen molar-refractivity contribution in [3.05, 3.63) is 18.2 Å². The third kappa shape index (κ3) is 0.972. The van der Waals surface area contributed by atoms with Gasteiger partial charge >= 0.3 is 6.08 Å². The van der Waals surface area contributed by atoms with Gasteiger partial charge in [-0.1, -0.05) is 0 Å². The van der Waals surface area contributed by atoms with Crippen molar-refractivity contribution in [1.29, 1.82) is 0 Å². The number of methoxy groups -OCH3 is 1. The van der Waals surface area contributed by atoms with Gasteiger partial charge < -0.3 is 14.9 Å². The molecule has 0 spiro atoms. The molecule has 0 aliphatic rings. The van der Waals surface area contributed by atoms with E-state index in [9.17, 15) is 0 Å². The first kappa shape index (κ1) is 6.97. The first-order valence-electron chi connectivity index (χ1n) is 3.49. The summed E-state index contributed by atoms with van der Waals surface area (Å²) >= 11 is 0. The lowest BCUT2D eigenvalue weighted by Crippen LogP contribution is -1.82. The summed E-state index contributed by atoms with van der Waals surface area (Å²) in [6.07, 6.45) is 0.260. The molecule has 1 aromatic carbocycles. The Morgan fingerprint density at radius 2 is 2.33 bits per heavy atom. The smallest absolute Gasteiger partial charge is 0.394 e. The zero-order valence-corrected chi connectivity index (χ0v) is 6.57. The average Bonchev–Trinajstić information content (AvgIpc) is 2.46. The van der Waals surface area contributed by atoms with Gasteiger partial charge in [0.1, 0.15) is 5.52 Å². The molecular formula is C8H8N2O2. The van der Waals surface area contributed by atoms with E-state index in [4.69, 9.17) is 14.9 Å². The van der Waals surface area contributed by atoms with Crippen LogP contribution in [0.25, 0.3) is 11.1 Å². The molecule has 62 valence electrons. The lowest BCUT2D eigenvalue weighted by Gasteiger charge is -1.87. The molecule has 0 bridgehead atoms. The van der Waals surface area contributed by atoms with Gasteiger partial charge in [0.25, 0.3) is 0 Å². The van der Waals surface area contributed by atoms with Crippen LogP contribution in [0.2, 0.25) is 0 Å². The van der Waals surface area contributed by atoms with Crippen LogP contribution in [0.5, 0.6) is 6.08 Å². The lowest BCUT2D eigenvalue weighted by atomic mass is 10.3. The lowest BCUT2D eigenvalue weighted by molar-refractivity contribution is 0.299. The standard InChI is InChI=1S/C8H8N2O2/c1-11-8-10-6-4-5(9)2-3-7(6)12-8/h2-4H,9H2,1H3. The van der Waals surface area contributed by atoms with E-state index >= 15 is 0 Å². The Bertz CT molecular complexity index is 408. The first-order valence-corrected chi connectivity index (χ1v) is 3.49. The van der Waals surface area contributed by atoms with Crippen molar-refractivity contribution in [3.8, 4) is 6.08 Å². The minimum Gasteiger partial charge on any atom is -0.453 e. The second kappa shape index (κ2) is 2.41. The van der Waals surface area contributed by atoms with Gasteiger partial charge in [0.05, 0.1) is 7.11 Å². The number of nitrogens with zero attached hydrogens (tertiary/aromatic N) is 1. The molecule has 2 rings (SSSR count). The highest BCUT2D eigenvalue weighted by atomic mass is 16.6. The Morgan fingerprint density at radius 3 is 3.08 bits per heavy atom. The second-order valence-electron chi connectivity index (χ2n) is 2.41. The molecule has 0 saturated heterocycles. The Balaban J connectivity index is 2.67. The highest BCUT2D eigenvalue weighted by molar-refractivity contribution is 5.76. The largest absolute Gasteiger partial charge is 0.453 e. The van der Waals surface area contributed by atoms with E-state index in [1.165, 1.54) is 7.11 Å². The summed E-state index contributed by atoms with van der Waals surface area (Å²) in [7, 11) is 1.51. The molecule has 1 aromatic heterocycles. The number of hydrogen-bond acceptors (Lipinski definition) is 4. The SMILES string of the molecule is COc1nc2cc(N)ccc2o1. The maximum Gasteiger partial charge on any atom is 0.394 e. The molecule has 0 aliphatic heterocycles. The number of aromatic nitrogens is 1. The third-order valence-electron chi connectivity index (χ3n) is 1.57. The quantitative estimate of drug-likeness (QED) is 0.647. The maximum atomic E-state index is 5.55. The van der Waals surface area contributed by atoms with Gasteiger partial charge in [-0.15, -0.1) is 0 Å². The van der Waals surface area contributed by atoms with Crippen LogP contribution < -0.4 is 10.5 Å². The van der Waals surface area contributed by atoms with Crippen LogP contribution in [-0.2, 0) is 0 Å². The van der Waals surface area contributed by atoms with Crippen molar-refractivity contribution < 1.29 is 9.15 Å². The van der Waals surface area contributed by atoms with Crippen LogP contribution in [0.4, 0.5) is 5.69 Å². The normalized spacial score (nSPS) is 10.4. The van der Waals surface area contributed by atoms with Crippen LogP contribution in [-0.4, -0.2) is 12.1 Å². The summed E-state index contributed by atoms with van der Waals surface area (Å²) in [4.78, 5) is 4.02. The van der Waals surface area contributed by atoms with Gasteiger partial charge in [-0.3, -0.25) is 0 Å². The molecule has 0 radical (unpaired) electrons. The second-order valence-corrected chi connectivity index (χ2v) is 2.41. The molecular weight excluding hydrogens is 156 g/mol. The van der Waals surface area contributed by atoms with E-state index in [-0.39, 0.29) is 6.08 Å². The van der Waals surface area contributed by atoms with E-state index in [0.29, 0.717) is 16.8 Å². The van der Waals surface area contributed by atoms with E-state index in [2.05, 4.69) is 4.98 Å². The molecule has 0 aliphatic carbocycles. The van der Waals surface area contributed by atoms with E-state index in [1.54, 1.807) is 18.2 Å². The predicted octanol–water partition coefficient (Wildman–Crippen LogP) is 1.42. The molecule has 1 heterocycles. The van der Waals surface area contributed by atoms with Crippen LogP contribution in [0.1, 0.15) is 0 Å². The number of hydrogen-bond donors (Lipinski definition) is 1. The van der Waals surface area contributed by atoms with Crippen molar-refractivity contribution in [2.45, 2.75) is 0 Å². The number of oxazole rings is 1. The molecule has 2 aromatic rings. The number of nitrogens with two attached hydrogens (primary N) is 1. The monoisotopic (exact) mass is 164 g/mol. The van der Waals surface area contributed by atoms with Crippen molar-refractivity contribution in [2.75, 3.05) is 12.8 Å². The Kier molecular flexibility index (Phi) is 1.40. The number of anilines is 1. The third-order valence-corrected chi connectivity index (χ3v) is 1.57. The van der Waals surface area contributed by atoms with Crippen molar-refractivity contribution in [3.63, 3.8) is 0 Å². The van der Waals surface area contributed by atoms with Gasteiger partial charge in [0.15, 0.2) is 5.58 Å². The Morgan fingerprint density at radius 1 is 1.50 bits per heavy atom. The summed E-state index contributed by atoms with van der Waals surface area (Å²) in [5, 5.41) is 0. The van der Waals surface area contributed by atoms with E-state index in [1.807, 2.05) is 0 Å². The molecule has 0 unspecified atom stereocenters. The Hall–Kier alpha value is -1.71. The number of benzene rings is 1.